The Bertz CT molecular complexity index is 297. The Labute approximate surface area is 120 Å². The molecule has 3 N–H and O–H groups in total. The molecule has 0 aliphatic heterocycles. The molecule has 1 saturated carbocycles. The largest absolute Gasteiger partial charge is 0.393 e. The van der Waals surface area contributed by atoms with Gasteiger partial charge in [0.1, 0.15) is 0 Å². The zero-order chi connectivity index (χ0) is 13.5. The van der Waals surface area contributed by atoms with Gasteiger partial charge in [0.05, 0.1) is 10.9 Å². The fourth-order valence-electron chi connectivity index (χ4n) is 2.52. The lowest BCUT2D eigenvalue weighted by Gasteiger charge is -2.32. The first-order valence-corrected chi connectivity index (χ1v) is 8.42. The molecular formula is C13H24N2OS2. The van der Waals surface area contributed by atoms with Crippen LogP contribution in [-0.2, 0) is 4.79 Å². The molecule has 3 unspecified atom stereocenters. The molecule has 1 aliphatic rings. The summed E-state index contributed by atoms with van der Waals surface area (Å²) < 4.78 is 0. The SMILES string of the molecule is CCCC(C(=O)NC1CCCCC1SC)C(N)=S. The van der Waals surface area contributed by atoms with Gasteiger partial charge in [-0.25, -0.2) is 0 Å². The van der Waals surface area contributed by atoms with E-state index < -0.39 is 0 Å². The monoisotopic (exact) mass is 288 g/mol. The Morgan fingerprint density at radius 1 is 1.50 bits per heavy atom. The van der Waals surface area contributed by atoms with Gasteiger partial charge in [-0.3, -0.25) is 4.79 Å². The van der Waals surface area contributed by atoms with Crippen molar-refractivity contribution in [1.29, 1.82) is 0 Å². The molecule has 0 aromatic rings. The molecule has 3 atom stereocenters. The summed E-state index contributed by atoms with van der Waals surface area (Å²) in [6.45, 7) is 2.05. The smallest absolute Gasteiger partial charge is 0.230 e. The minimum atomic E-state index is -0.297. The molecule has 1 rings (SSSR count). The van der Waals surface area contributed by atoms with Crippen LogP contribution in [-0.4, -0.2) is 28.4 Å². The van der Waals surface area contributed by atoms with Gasteiger partial charge in [-0.1, -0.05) is 38.4 Å². The molecule has 18 heavy (non-hydrogen) atoms. The van der Waals surface area contributed by atoms with Crippen LogP contribution in [0.1, 0.15) is 45.4 Å². The van der Waals surface area contributed by atoms with Crippen LogP contribution in [0.15, 0.2) is 0 Å². The van der Waals surface area contributed by atoms with Gasteiger partial charge in [0, 0.05) is 11.3 Å². The van der Waals surface area contributed by atoms with Crippen LogP contribution in [0.2, 0.25) is 0 Å². The van der Waals surface area contributed by atoms with Crippen LogP contribution in [0.5, 0.6) is 0 Å². The number of hydrogen-bond donors (Lipinski definition) is 2. The van der Waals surface area contributed by atoms with E-state index in [-0.39, 0.29) is 17.9 Å². The van der Waals surface area contributed by atoms with Crippen LogP contribution < -0.4 is 11.1 Å². The summed E-state index contributed by atoms with van der Waals surface area (Å²) in [7, 11) is 0. The molecular weight excluding hydrogens is 264 g/mol. The number of nitrogens with one attached hydrogen (secondary N) is 1. The Kier molecular flexibility index (Phi) is 7.00. The lowest BCUT2D eigenvalue weighted by Crippen LogP contribution is -2.48. The Hall–Kier alpha value is -0.290. The van der Waals surface area contributed by atoms with Crippen LogP contribution in [0.4, 0.5) is 0 Å². The fraction of sp³-hybridized carbons (Fsp3) is 0.846. The van der Waals surface area contributed by atoms with E-state index in [1.54, 1.807) is 0 Å². The van der Waals surface area contributed by atoms with E-state index >= 15 is 0 Å². The normalized spacial score (nSPS) is 25.4. The van der Waals surface area contributed by atoms with Gasteiger partial charge in [0.25, 0.3) is 0 Å². The predicted octanol–water partition coefficient (Wildman–Crippen LogP) is 2.48. The van der Waals surface area contributed by atoms with Crippen LogP contribution in [0.25, 0.3) is 0 Å². The average molecular weight is 288 g/mol. The highest BCUT2D eigenvalue weighted by molar-refractivity contribution is 7.99. The van der Waals surface area contributed by atoms with Gasteiger partial charge >= 0.3 is 0 Å². The molecule has 104 valence electrons. The maximum atomic E-state index is 12.2. The molecule has 1 amide bonds. The van der Waals surface area contributed by atoms with Gasteiger partial charge in [-0.2, -0.15) is 11.8 Å². The molecule has 5 heteroatoms. The maximum absolute atomic E-state index is 12.2. The number of hydrogen-bond acceptors (Lipinski definition) is 3. The van der Waals surface area contributed by atoms with E-state index in [1.165, 1.54) is 19.3 Å². The van der Waals surface area contributed by atoms with Gasteiger partial charge in [-0.05, 0) is 25.5 Å². The van der Waals surface area contributed by atoms with E-state index in [0.717, 1.165) is 19.3 Å². The zero-order valence-corrected chi connectivity index (χ0v) is 12.9. The number of carbonyl (C=O) groups is 1. The van der Waals surface area contributed by atoms with E-state index in [2.05, 4.69) is 11.6 Å². The quantitative estimate of drug-likeness (QED) is 0.737. The van der Waals surface area contributed by atoms with Crippen LogP contribution >= 0.6 is 24.0 Å². The molecule has 0 radical (unpaired) electrons. The predicted molar refractivity (Wildman–Crippen MR) is 82.9 cm³/mol. The maximum Gasteiger partial charge on any atom is 0.230 e. The summed E-state index contributed by atoms with van der Waals surface area (Å²) in [5.41, 5.74) is 5.66. The van der Waals surface area contributed by atoms with Gasteiger partial charge < -0.3 is 11.1 Å². The summed E-state index contributed by atoms with van der Waals surface area (Å²) in [5, 5.41) is 3.70. The van der Waals surface area contributed by atoms with E-state index in [4.69, 9.17) is 18.0 Å². The average Bonchev–Trinajstić information content (AvgIpc) is 2.36. The Morgan fingerprint density at radius 3 is 2.72 bits per heavy atom. The minimum Gasteiger partial charge on any atom is -0.393 e. The van der Waals surface area contributed by atoms with Crippen LogP contribution in [0.3, 0.4) is 0 Å². The molecule has 1 aliphatic carbocycles. The van der Waals surface area contributed by atoms with Crippen molar-refractivity contribution in [3.63, 3.8) is 0 Å². The van der Waals surface area contributed by atoms with Crippen molar-refractivity contribution < 1.29 is 4.79 Å². The van der Waals surface area contributed by atoms with Crippen molar-refractivity contribution in [3.8, 4) is 0 Å². The summed E-state index contributed by atoms with van der Waals surface area (Å²) in [5.74, 6) is -0.273. The first-order valence-electron chi connectivity index (χ1n) is 6.72. The van der Waals surface area contributed by atoms with Crippen molar-refractivity contribution in [3.05, 3.63) is 0 Å². The van der Waals surface area contributed by atoms with Gasteiger partial charge in [-0.15, -0.1) is 0 Å². The minimum absolute atomic E-state index is 0.0234. The van der Waals surface area contributed by atoms with E-state index in [9.17, 15) is 4.79 Å². The second kappa shape index (κ2) is 8.00. The number of carbonyl (C=O) groups excluding carboxylic acids is 1. The van der Waals surface area contributed by atoms with Crippen molar-refractivity contribution >= 4 is 34.9 Å². The highest BCUT2D eigenvalue weighted by atomic mass is 32.2. The Balaban J connectivity index is 2.57. The van der Waals surface area contributed by atoms with Gasteiger partial charge in [0.15, 0.2) is 0 Å². The van der Waals surface area contributed by atoms with Crippen molar-refractivity contribution in [2.24, 2.45) is 11.7 Å². The molecule has 0 saturated heterocycles. The van der Waals surface area contributed by atoms with Crippen molar-refractivity contribution in [1.82, 2.24) is 5.32 Å². The number of thiocarbonyl (C=S) groups is 1. The van der Waals surface area contributed by atoms with E-state index in [1.807, 2.05) is 18.7 Å². The summed E-state index contributed by atoms with van der Waals surface area (Å²) in [6, 6.07) is 0.287. The van der Waals surface area contributed by atoms with E-state index in [0.29, 0.717) is 10.2 Å². The molecule has 0 aromatic heterocycles. The third kappa shape index (κ3) is 4.43. The lowest BCUT2D eigenvalue weighted by atomic mass is 9.93. The number of thioether (sulfide) groups is 1. The molecule has 0 bridgehead atoms. The third-order valence-electron chi connectivity index (χ3n) is 3.57. The molecule has 0 aromatic carbocycles. The topological polar surface area (TPSA) is 55.1 Å². The molecule has 0 heterocycles. The second-order valence-electron chi connectivity index (χ2n) is 4.92. The molecule has 0 spiro atoms. The Morgan fingerprint density at radius 2 is 2.17 bits per heavy atom. The summed E-state index contributed by atoms with van der Waals surface area (Å²) in [4.78, 5) is 12.5. The third-order valence-corrected chi connectivity index (χ3v) is 5.02. The first-order chi connectivity index (χ1) is 8.60. The highest BCUT2D eigenvalue weighted by Crippen LogP contribution is 2.27. The highest BCUT2D eigenvalue weighted by Gasteiger charge is 2.29. The lowest BCUT2D eigenvalue weighted by molar-refractivity contribution is -0.124. The zero-order valence-electron chi connectivity index (χ0n) is 11.3. The number of nitrogens with two attached hydrogens (primary N) is 1. The second-order valence-corrected chi connectivity index (χ2v) is 6.47. The molecule has 1 fully saturated rings. The fourth-order valence-corrected chi connectivity index (χ4v) is 3.68. The van der Waals surface area contributed by atoms with Gasteiger partial charge in [0.2, 0.25) is 5.91 Å². The first kappa shape index (κ1) is 15.8. The van der Waals surface area contributed by atoms with Crippen molar-refractivity contribution in [2.75, 3.05) is 6.26 Å². The summed E-state index contributed by atoms with van der Waals surface area (Å²) >= 11 is 6.85. The molecule has 3 nitrogen and oxygen atoms in total. The standard InChI is InChI=1S/C13H24N2OS2/c1-3-6-9(12(14)17)13(16)15-10-7-4-5-8-11(10)18-2/h9-11H,3-8H2,1-2H3,(H2,14,17)(H,15,16). The van der Waals surface area contributed by atoms with Crippen LogP contribution in [0, 0.1) is 5.92 Å². The van der Waals surface area contributed by atoms with Crippen molar-refractivity contribution in [2.45, 2.75) is 56.7 Å². The number of amides is 1. The number of rotatable bonds is 6. The summed E-state index contributed by atoms with van der Waals surface area (Å²) in [6.07, 6.45) is 8.53.